The molecule has 2 N–H and O–H groups in total. The highest BCUT2D eigenvalue weighted by Gasteiger charge is 2.27. The molecule has 0 atom stereocenters. The van der Waals surface area contributed by atoms with Crippen LogP contribution in [0.4, 0.5) is 5.69 Å². The third kappa shape index (κ3) is 6.03. The Morgan fingerprint density at radius 1 is 1.23 bits per heavy atom. The van der Waals surface area contributed by atoms with Crippen molar-refractivity contribution in [3.63, 3.8) is 0 Å². The fourth-order valence-electron chi connectivity index (χ4n) is 3.55. The summed E-state index contributed by atoms with van der Waals surface area (Å²) in [5.41, 5.74) is 1.63. The van der Waals surface area contributed by atoms with Crippen molar-refractivity contribution < 1.29 is 17.9 Å². The molecule has 1 aromatic heterocycles. The molecule has 0 saturated heterocycles. The molecule has 1 fully saturated rings. The van der Waals surface area contributed by atoms with Gasteiger partial charge < -0.3 is 10.1 Å². The summed E-state index contributed by atoms with van der Waals surface area (Å²) in [7, 11) is -3.67. The molecular formula is C22H26N4O4S. The number of aromatic nitrogens is 1. The first-order valence-corrected chi connectivity index (χ1v) is 11.7. The van der Waals surface area contributed by atoms with E-state index in [1.165, 1.54) is 12.3 Å². The molecule has 1 aromatic carbocycles. The number of hydrogen-bond donors (Lipinski definition) is 2. The molecule has 0 unspecified atom stereocenters. The molecule has 0 bridgehead atoms. The van der Waals surface area contributed by atoms with Crippen LogP contribution in [0.3, 0.4) is 0 Å². The fraction of sp³-hybridized carbons (Fsp3) is 0.409. The third-order valence-electron chi connectivity index (χ3n) is 5.22. The molecular weight excluding hydrogens is 416 g/mol. The van der Waals surface area contributed by atoms with E-state index in [4.69, 9.17) is 10.00 Å². The van der Waals surface area contributed by atoms with Crippen molar-refractivity contribution >= 4 is 21.6 Å². The Bertz CT molecular complexity index is 1070. The van der Waals surface area contributed by atoms with E-state index in [2.05, 4.69) is 15.0 Å². The molecule has 1 saturated carbocycles. The lowest BCUT2D eigenvalue weighted by Crippen LogP contribution is -2.39. The van der Waals surface area contributed by atoms with Crippen LogP contribution in [0.2, 0.25) is 0 Å². The number of benzene rings is 1. The van der Waals surface area contributed by atoms with Gasteiger partial charge in [-0.15, -0.1) is 0 Å². The number of carbonyl (C=O) groups is 1. The Morgan fingerprint density at radius 2 is 1.97 bits per heavy atom. The molecule has 1 amide bonds. The molecule has 1 aliphatic rings. The van der Waals surface area contributed by atoms with Gasteiger partial charge in [-0.3, -0.25) is 4.79 Å². The van der Waals surface area contributed by atoms with Gasteiger partial charge in [0.2, 0.25) is 21.8 Å². The second-order valence-electron chi connectivity index (χ2n) is 7.59. The molecule has 31 heavy (non-hydrogen) atoms. The maximum Gasteiger partial charge on any atom is 0.241 e. The van der Waals surface area contributed by atoms with Gasteiger partial charge in [0.05, 0.1) is 10.5 Å². The average molecular weight is 443 g/mol. The van der Waals surface area contributed by atoms with E-state index < -0.39 is 10.0 Å². The third-order valence-corrected chi connectivity index (χ3v) is 6.90. The first kappa shape index (κ1) is 22.7. The largest absolute Gasteiger partial charge is 0.474 e. The highest BCUT2D eigenvalue weighted by atomic mass is 32.2. The van der Waals surface area contributed by atoms with E-state index in [-0.39, 0.29) is 22.9 Å². The minimum Gasteiger partial charge on any atom is -0.474 e. The van der Waals surface area contributed by atoms with Crippen LogP contribution in [-0.4, -0.2) is 31.5 Å². The summed E-state index contributed by atoms with van der Waals surface area (Å²) in [5.74, 6) is 0.345. The minimum atomic E-state index is -3.67. The molecule has 1 aliphatic carbocycles. The van der Waals surface area contributed by atoms with Crippen LogP contribution in [0.25, 0.3) is 0 Å². The molecule has 2 aromatic rings. The van der Waals surface area contributed by atoms with Crippen molar-refractivity contribution in [1.29, 1.82) is 5.26 Å². The summed E-state index contributed by atoms with van der Waals surface area (Å²) in [5, 5.41) is 11.6. The number of nitrogens with one attached hydrogen (secondary N) is 2. The lowest BCUT2D eigenvalue weighted by Gasteiger charge is -2.29. The smallest absolute Gasteiger partial charge is 0.241 e. The number of ether oxygens (including phenoxy) is 1. The normalized spacial score (nSPS) is 18.7. The van der Waals surface area contributed by atoms with Gasteiger partial charge in [0.1, 0.15) is 12.2 Å². The standard InChI is InChI=1S/C22H26N4O4S/c1-3-21(27)25-18-7-10-20(15(2)12-18)31(28,29)26-17-5-8-19(9-6-17)30-22-11-4-16(13-23)14-24-22/h4,7,10-12,14,17,19,26H,3,5-6,8-9H2,1-2H3,(H,25,27). The Hall–Kier alpha value is -2.96. The van der Waals surface area contributed by atoms with Crippen molar-refractivity contribution in [2.45, 2.75) is 63.0 Å². The first-order valence-electron chi connectivity index (χ1n) is 10.3. The van der Waals surface area contributed by atoms with E-state index in [9.17, 15) is 13.2 Å². The average Bonchev–Trinajstić information content (AvgIpc) is 2.75. The van der Waals surface area contributed by atoms with Crippen molar-refractivity contribution in [3.8, 4) is 11.9 Å². The van der Waals surface area contributed by atoms with Gasteiger partial charge in [0, 0.05) is 30.4 Å². The van der Waals surface area contributed by atoms with Gasteiger partial charge in [0.25, 0.3) is 0 Å². The number of nitrogens with zero attached hydrogens (tertiary/aromatic N) is 2. The molecule has 0 aliphatic heterocycles. The van der Waals surface area contributed by atoms with Gasteiger partial charge in [0.15, 0.2) is 0 Å². The summed E-state index contributed by atoms with van der Waals surface area (Å²) in [4.78, 5) is 15.9. The Morgan fingerprint density at radius 3 is 2.55 bits per heavy atom. The molecule has 164 valence electrons. The van der Waals surface area contributed by atoms with Crippen molar-refractivity contribution in [3.05, 3.63) is 47.7 Å². The summed E-state index contributed by atoms with van der Waals surface area (Å²) >= 11 is 0. The summed E-state index contributed by atoms with van der Waals surface area (Å²) < 4.78 is 34.4. The monoisotopic (exact) mass is 442 g/mol. The van der Waals surface area contributed by atoms with Gasteiger partial charge in [-0.05, 0) is 62.4 Å². The van der Waals surface area contributed by atoms with Crippen LogP contribution in [0.15, 0.2) is 41.4 Å². The van der Waals surface area contributed by atoms with Gasteiger partial charge in [-0.2, -0.15) is 5.26 Å². The first-order chi connectivity index (χ1) is 14.8. The maximum absolute atomic E-state index is 12.9. The SMILES string of the molecule is CCC(=O)Nc1ccc(S(=O)(=O)NC2CCC(Oc3ccc(C#N)cn3)CC2)c(C)c1. The van der Waals surface area contributed by atoms with E-state index >= 15 is 0 Å². The van der Waals surface area contributed by atoms with Crippen LogP contribution in [-0.2, 0) is 14.8 Å². The number of nitriles is 1. The quantitative estimate of drug-likeness (QED) is 0.679. The molecule has 0 radical (unpaired) electrons. The van der Waals surface area contributed by atoms with Crippen molar-refractivity contribution in [2.24, 2.45) is 0 Å². The van der Waals surface area contributed by atoms with Gasteiger partial charge in [-0.1, -0.05) is 6.92 Å². The van der Waals surface area contributed by atoms with Crippen LogP contribution in [0, 0.1) is 18.3 Å². The second-order valence-corrected chi connectivity index (χ2v) is 9.27. The number of pyridine rings is 1. The molecule has 1 heterocycles. The number of rotatable bonds is 7. The predicted molar refractivity (Wildman–Crippen MR) is 116 cm³/mol. The maximum atomic E-state index is 12.9. The van der Waals surface area contributed by atoms with E-state index in [1.807, 2.05) is 6.07 Å². The number of amides is 1. The zero-order valence-corrected chi connectivity index (χ0v) is 18.4. The summed E-state index contributed by atoms with van der Waals surface area (Å²) in [6.07, 6.45) is 4.51. The van der Waals surface area contributed by atoms with Gasteiger partial charge in [-0.25, -0.2) is 18.1 Å². The molecule has 3 rings (SSSR count). The van der Waals surface area contributed by atoms with Crippen LogP contribution < -0.4 is 14.8 Å². The van der Waals surface area contributed by atoms with Crippen LogP contribution in [0.1, 0.15) is 50.2 Å². The lowest BCUT2D eigenvalue weighted by molar-refractivity contribution is -0.115. The second kappa shape index (κ2) is 9.90. The molecule has 8 nitrogen and oxygen atoms in total. The summed E-state index contributed by atoms with van der Waals surface area (Å²) in [6.45, 7) is 3.47. The van der Waals surface area contributed by atoms with Crippen molar-refractivity contribution in [1.82, 2.24) is 9.71 Å². The Balaban J connectivity index is 1.56. The Kier molecular flexibility index (Phi) is 7.25. The topological polar surface area (TPSA) is 121 Å². The van der Waals surface area contributed by atoms with E-state index in [0.717, 1.165) is 0 Å². The van der Waals surface area contributed by atoms with E-state index in [1.54, 1.807) is 38.1 Å². The predicted octanol–water partition coefficient (Wildman–Crippen LogP) is 3.28. The number of carbonyl (C=O) groups excluding carboxylic acids is 1. The number of anilines is 1. The molecule has 0 spiro atoms. The number of sulfonamides is 1. The Labute approximate surface area is 182 Å². The zero-order valence-electron chi connectivity index (χ0n) is 17.6. The highest BCUT2D eigenvalue weighted by Crippen LogP contribution is 2.26. The van der Waals surface area contributed by atoms with Gasteiger partial charge >= 0.3 is 0 Å². The van der Waals surface area contributed by atoms with E-state index in [0.29, 0.717) is 54.8 Å². The number of aryl methyl sites for hydroxylation is 1. The lowest BCUT2D eigenvalue weighted by atomic mass is 9.94. The highest BCUT2D eigenvalue weighted by molar-refractivity contribution is 7.89. The van der Waals surface area contributed by atoms with Crippen LogP contribution in [0.5, 0.6) is 5.88 Å². The number of hydrogen-bond acceptors (Lipinski definition) is 6. The fourth-order valence-corrected chi connectivity index (χ4v) is 5.08. The summed E-state index contributed by atoms with van der Waals surface area (Å²) in [6, 6.07) is 9.96. The van der Waals surface area contributed by atoms with Crippen molar-refractivity contribution in [2.75, 3.05) is 5.32 Å². The minimum absolute atomic E-state index is 0.0376. The molecule has 9 heteroatoms. The zero-order chi connectivity index (χ0) is 22.4. The van der Waals surface area contributed by atoms with Crippen LogP contribution >= 0.6 is 0 Å².